The molecule has 0 aliphatic carbocycles. The number of urea groups is 1. The van der Waals surface area contributed by atoms with Gasteiger partial charge in [0.1, 0.15) is 0 Å². The first-order chi connectivity index (χ1) is 14.0. The van der Waals surface area contributed by atoms with E-state index in [1.807, 2.05) is 60.7 Å². The average molecular weight is 511 g/mol. The Balaban J connectivity index is 1.66. The Morgan fingerprint density at radius 3 is 2.17 bits per heavy atom. The number of carbonyl (C=O) groups is 1. The zero-order chi connectivity index (χ0) is 20.2. The Bertz CT molecular complexity index is 1160. The van der Waals surface area contributed by atoms with E-state index in [0.717, 1.165) is 25.9 Å². The zero-order valence-electron chi connectivity index (χ0n) is 14.9. The van der Waals surface area contributed by atoms with E-state index >= 15 is 0 Å². The lowest BCUT2D eigenvalue weighted by Crippen LogP contribution is -2.40. The van der Waals surface area contributed by atoms with Crippen molar-refractivity contribution in [2.75, 3.05) is 9.80 Å². The molecule has 0 bridgehead atoms. The highest BCUT2D eigenvalue weighted by Crippen LogP contribution is 2.58. The van der Waals surface area contributed by atoms with Crippen molar-refractivity contribution >= 4 is 55.0 Å². The smallest absolute Gasteiger partial charge is 0.317 e. The van der Waals surface area contributed by atoms with Crippen molar-refractivity contribution < 1.29 is 9.53 Å². The number of hydrogen-bond acceptors (Lipinski definition) is 2. The summed E-state index contributed by atoms with van der Waals surface area (Å²) in [5, 5.41) is 0. The number of amides is 2. The second-order valence-electron chi connectivity index (χ2n) is 6.77. The van der Waals surface area contributed by atoms with Gasteiger partial charge in [-0.3, -0.25) is 9.80 Å². The van der Waals surface area contributed by atoms with Crippen LogP contribution in [-0.4, -0.2) is 12.3 Å². The summed E-state index contributed by atoms with van der Waals surface area (Å²) in [6.45, 7) is 7.34. The Morgan fingerprint density at radius 2 is 1.55 bits per heavy atom. The van der Waals surface area contributed by atoms with Gasteiger partial charge >= 0.3 is 6.03 Å². The Morgan fingerprint density at radius 1 is 0.931 bits per heavy atom. The maximum Gasteiger partial charge on any atom is 0.334 e. The van der Waals surface area contributed by atoms with E-state index in [-0.39, 0.29) is 6.03 Å². The van der Waals surface area contributed by atoms with Crippen LogP contribution in [0.4, 0.5) is 21.9 Å². The highest BCUT2D eigenvalue weighted by Gasteiger charge is 2.74. The molecule has 2 unspecified atom stereocenters. The Kier molecular flexibility index (Phi) is 4.24. The molecule has 2 amide bonds. The molecule has 2 aliphatic heterocycles. The van der Waals surface area contributed by atoms with Crippen LogP contribution < -0.4 is 9.80 Å². The minimum atomic E-state index is -0.960. The third kappa shape index (κ3) is 2.79. The molecular formula is C22H13Br2N3O2. The molecule has 0 aromatic heterocycles. The number of nitrogens with zero attached hydrogens (tertiary/aromatic N) is 3. The minimum absolute atomic E-state index is 0.167. The first-order valence-corrected chi connectivity index (χ1v) is 10.4. The molecular weight excluding hydrogens is 498 g/mol. The van der Waals surface area contributed by atoms with Gasteiger partial charge in [0.05, 0.1) is 6.57 Å². The molecule has 0 spiro atoms. The summed E-state index contributed by atoms with van der Waals surface area (Å²) in [4.78, 5) is 20.4. The summed E-state index contributed by atoms with van der Waals surface area (Å²) >= 11 is 6.88. The molecule has 0 radical (unpaired) electrons. The maximum atomic E-state index is 13.5. The lowest BCUT2D eigenvalue weighted by molar-refractivity contribution is 0.224. The minimum Gasteiger partial charge on any atom is -0.317 e. The third-order valence-electron chi connectivity index (χ3n) is 5.11. The van der Waals surface area contributed by atoms with Crippen LogP contribution in [-0.2, 0) is 10.5 Å². The van der Waals surface area contributed by atoms with Crippen molar-refractivity contribution in [1.82, 2.24) is 0 Å². The van der Waals surface area contributed by atoms with E-state index in [4.69, 9.17) is 11.3 Å². The summed E-state index contributed by atoms with van der Waals surface area (Å²) in [6, 6.07) is 22.2. The van der Waals surface area contributed by atoms with Gasteiger partial charge in [0.15, 0.2) is 11.9 Å². The largest absolute Gasteiger partial charge is 0.334 e. The van der Waals surface area contributed by atoms with Crippen molar-refractivity contribution in [2.45, 2.75) is 12.0 Å². The predicted octanol–water partition coefficient (Wildman–Crippen LogP) is 6.42. The average Bonchev–Trinajstić information content (AvgIpc) is 3.41. The van der Waals surface area contributed by atoms with Crippen LogP contribution >= 0.6 is 31.9 Å². The number of epoxide rings is 1. The Hall–Kier alpha value is -2.66. The summed E-state index contributed by atoms with van der Waals surface area (Å²) in [5.41, 5.74) is 1.82. The van der Waals surface area contributed by atoms with Crippen molar-refractivity contribution in [1.29, 1.82) is 0 Å². The van der Waals surface area contributed by atoms with E-state index in [2.05, 4.69) is 36.7 Å². The van der Waals surface area contributed by atoms with Gasteiger partial charge in [-0.15, -0.1) is 0 Å². The van der Waals surface area contributed by atoms with Gasteiger partial charge < -0.3 is 4.74 Å². The molecule has 2 atom stereocenters. The molecule has 3 aromatic carbocycles. The highest BCUT2D eigenvalue weighted by molar-refractivity contribution is 9.10. The molecule has 0 saturated carbocycles. The molecule has 5 nitrogen and oxygen atoms in total. The number of rotatable bonds is 3. The normalized spacial score (nSPS) is 22.4. The first-order valence-electron chi connectivity index (χ1n) is 8.85. The standard InChI is InChI=1S/C22H13Br2N3O2/c1-25-17-4-2-3-14(13-17)22-20(29-22)26(18-9-5-15(23)6-10-18)21(28)27(22)19-11-7-16(24)8-12-19/h2-13,20H. The zero-order valence-corrected chi connectivity index (χ0v) is 18.1. The first kappa shape index (κ1) is 18.4. The molecule has 2 fully saturated rings. The number of carbonyl (C=O) groups excluding carboxylic acids is 1. The van der Waals surface area contributed by atoms with Crippen molar-refractivity contribution in [3.05, 3.63) is 98.7 Å². The Labute approximate surface area is 184 Å². The molecule has 2 heterocycles. The topological polar surface area (TPSA) is 40.4 Å². The summed E-state index contributed by atoms with van der Waals surface area (Å²) in [7, 11) is 0. The van der Waals surface area contributed by atoms with Gasteiger partial charge in [-0.1, -0.05) is 50.1 Å². The van der Waals surface area contributed by atoms with Crippen molar-refractivity contribution in [2.24, 2.45) is 0 Å². The van der Waals surface area contributed by atoms with E-state index in [0.29, 0.717) is 5.69 Å². The molecule has 0 N–H and O–H groups in total. The maximum absolute atomic E-state index is 13.5. The second kappa shape index (κ2) is 6.70. The molecule has 5 rings (SSSR count). The van der Waals surface area contributed by atoms with Gasteiger partial charge in [-0.05, 0) is 60.2 Å². The fourth-order valence-corrected chi connectivity index (χ4v) is 4.28. The number of benzene rings is 3. The highest BCUT2D eigenvalue weighted by atomic mass is 79.9. The van der Waals surface area contributed by atoms with Crippen LogP contribution in [0.2, 0.25) is 0 Å². The van der Waals surface area contributed by atoms with Gasteiger partial charge in [0, 0.05) is 20.3 Å². The molecule has 2 aliphatic rings. The molecule has 142 valence electrons. The van der Waals surface area contributed by atoms with Gasteiger partial charge in [-0.25, -0.2) is 9.64 Å². The number of anilines is 2. The second-order valence-corrected chi connectivity index (χ2v) is 8.60. The fourth-order valence-electron chi connectivity index (χ4n) is 3.76. The molecule has 3 aromatic rings. The van der Waals surface area contributed by atoms with Crippen LogP contribution in [0.15, 0.2) is 81.7 Å². The molecule has 29 heavy (non-hydrogen) atoms. The predicted molar refractivity (Wildman–Crippen MR) is 118 cm³/mol. The number of hydrogen-bond donors (Lipinski definition) is 0. The molecule has 7 heteroatoms. The quantitative estimate of drug-likeness (QED) is 0.301. The van der Waals surface area contributed by atoms with E-state index in [1.165, 1.54) is 0 Å². The van der Waals surface area contributed by atoms with Crippen LogP contribution in [0, 0.1) is 6.57 Å². The fraction of sp³-hybridized carbons (Fsp3) is 0.0909. The summed E-state index contributed by atoms with van der Waals surface area (Å²) in [6.07, 6.45) is -0.471. The van der Waals surface area contributed by atoms with Crippen LogP contribution in [0.5, 0.6) is 0 Å². The van der Waals surface area contributed by atoms with Crippen LogP contribution in [0.25, 0.3) is 4.85 Å². The van der Waals surface area contributed by atoms with Crippen molar-refractivity contribution in [3.8, 4) is 0 Å². The summed E-state index contributed by atoms with van der Waals surface area (Å²) < 4.78 is 8.06. The van der Waals surface area contributed by atoms with Gasteiger partial charge in [-0.2, -0.15) is 0 Å². The van der Waals surface area contributed by atoms with Crippen LogP contribution in [0.1, 0.15) is 5.56 Å². The monoisotopic (exact) mass is 509 g/mol. The number of fused-ring (bicyclic) bond motifs is 1. The van der Waals surface area contributed by atoms with Crippen molar-refractivity contribution in [3.63, 3.8) is 0 Å². The molecule has 2 saturated heterocycles. The SMILES string of the molecule is [C-]#[N+]c1cccc(C23OC2N(c2ccc(Br)cc2)C(=O)N3c2ccc(Br)cc2)c1. The summed E-state index contributed by atoms with van der Waals surface area (Å²) in [5.74, 6) is 0. The third-order valence-corrected chi connectivity index (χ3v) is 6.17. The number of ether oxygens (including phenoxy) is 1. The lowest BCUT2D eigenvalue weighted by Gasteiger charge is -2.27. The van der Waals surface area contributed by atoms with Crippen LogP contribution in [0.3, 0.4) is 0 Å². The van der Waals surface area contributed by atoms with E-state index in [9.17, 15) is 4.79 Å². The van der Waals surface area contributed by atoms with E-state index < -0.39 is 12.0 Å². The number of halogens is 2. The van der Waals surface area contributed by atoms with Gasteiger partial charge in [0.2, 0.25) is 5.72 Å². The lowest BCUT2D eigenvalue weighted by atomic mass is 10.0. The van der Waals surface area contributed by atoms with Gasteiger partial charge in [0.25, 0.3) is 0 Å². The van der Waals surface area contributed by atoms with E-state index in [1.54, 1.807) is 21.9 Å².